The van der Waals surface area contributed by atoms with Crippen LogP contribution in [-0.4, -0.2) is 16.8 Å². The Kier molecular flexibility index (Phi) is 7.78. The second-order valence-electron chi connectivity index (χ2n) is 8.99. The molecular formula is C28H31BrClN. The first-order valence-electron chi connectivity index (χ1n) is 11.0. The van der Waals surface area contributed by atoms with Crippen molar-refractivity contribution in [1.82, 2.24) is 0 Å². The summed E-state index contributed by atoms with van der Waals surface area (Å²) in [5.74, 6) is 0.673. The van der Waals surface area contributed by atoms with Gasteiger partial charge in [0.1, 0.15) is 6.54 Å². The summed E-state index contributed by atoms with van der Waals surface area (Å²) in [5.41, 5.74) is 6.76. The summed E-state index contributed by atoms with van der Waals surface area (Å²) in [5, 5.41) is 0.817. The van der Waals surface area contributed by atoms with E-state index in [1.165, 1.54) is 34.5 Å². The lowest BCUT2D eigenvalue weighted by molar-refractivity contribution is -0.440. The fraction of sp³-hybridized carbons (Fsp3) is 0.321. The molecule has 0 aromatic heterocycles. The smallest absolute Gasteiger partial charge is 0.209 e. The molecule has 1 heterocycles. The molecule has 3 aromatic carbocycles. The number of benzene rings is 3. The maximum atomic E-state index is 6.55. The molecule has 0 bridgehead atoms. The summed E-state index contributed by atoms with van der Waals surface area (Å²) in [6, 6.07) is 28.2. The summed E-state index contributed by atoms with van der Waals surface area (Å²) >= 11 is 6.55. The highest BCUT2D eigenvalue weighted by Crippen LogP contribution is 2.45. The van der Waals surface area contributed by atoms with E-state index < -0.39 is 0 Å². The minimum absolute atomic E-state index is 0. The molecule has 0 unspecified atom stereocenters. The topological polar surface area (TPSA) is 3.01 Å². The fourth-order valence-electron chi connectivity index (χ4n) is 4.83. The summed E-state index contributed by atoms with van der Waals surface area (Å²) in [6.07, 6.45) is 3.12. The lowest BCUT2D eigenvalue weighted by Crippen LogP contribution is -3.00. The van der Waals surface area contributed by atoms with Crippen molar-refractivity contribution in [2.75, 3.05) is 6.54 Å². The molecule has 0 N–H and O–H groups in total. The molecule has 3 heteroatoms. The lowest BCUT2D eigenvalue weighted by Gasteiger charge is -2.28. The van der Waals surface area contributed by atoms with Crippen molar-refractivity contribution in [1.29, 1.82) is 0 Å². The monoisotopic (exact) mass is 495 g/mol. The predicted molar refractivity (Wildman–Crippen MR) is 128 cm³/mol. The Morgan fingerprint density at radius 1 is 0.839 bits per heavy atom. The van der Waals surface area contributed by atoms with Gasteiger partial charge >= 0.3 is 0 Å². The quantitative estimate of drug-likeness (QED) is 0.431. The largest absolute Gasteiger partial charge is 1.00 e. The summed E-state index contributed by atoms with van der Waals surface area (Å²) < 4.78 is 2.55. The Labute approximate surface area is 202 Å². The molecule has 0 aliphatic carbocycles. The number of halogens is 2. The fourth-order valence-corrected chi connectivity index (χ4v) is 5.01. The maximum Gasteiger partial charge on any atom is 0.209 e. The molecule has 0 spiro atoms. The van der Waals surface area contributed by atoms with E-state index in [4.69, 9.17) is 11.6 Å². The summed E-state index contributed by atoms with van der Waals surface area (Å²) in [6.45, 7) is 7.98. The third-order valence-electron chi connectivity index (χ3n) is 6.49. The van der Waals surface area contributed by atoms with E-state index in [-0.39, 0.29) is 22.4 Å². The maximum absolute atomic E-state index is 6.55. The molecule has 31 heavy (non-hydrogen) atoms. The molecule has 0 radical (unpaired) electrons. The van der Waals surface area contributed by atoms with Crippen molar-refractivity contribution in [2.24, 2.45) is 5.92 Å². The molecule has 0 saturated heterocycles. The van der Waals surface area contributed by atoms with Crippen molar-refractivity contribution in [3.8, 4) is 0 Å². The number of hydrogen-bond donors (Lipinski definition) is 0. The Morgan fingerprint density at radius 2 is 1.39 bits per heavy atom. The second kappa shape index (κ2) is 10.1. The van der Waals surface area contributed by atoms with Gasteiger partial charge in [-0.05, 0) is 42.0 Å². The third-order valence-corrected chi connectivity index (χ3v) is 6.73. The van der Waals surface area contributed by atoms with E-state index in [1.807, 2.05) is 6.07 Å². The molecule has 1 aliphatic heterocycles. The number of rotatable bonds is 7. The Hall–Kier alpha value is -1.90. The molecule has 0 atom stereocenters. The van der Waals surface area contributed by atoms with Crippen LogP contribution in [0.2, 0.25) is 5.02 Å². The zero-order valence-corrected chi connectivity index (χ0v) is 21.0. The Morgan fingerprint density at radius 3 is 1.90 bits per heavy atom. The molecule has 1 aliphatic rings. The van der Waals surface area contributed by atoms with Crippen LogP contribution in [0.4, 0.5) is 5.69 Å². The van der Waals surface area contributed by atoms with Gasteiger partial charge in [-0.1, -0.05) is 86.1 Å². The van der Waals surface area contributed by atoms with Crippen molar-refractivity contribution < 1.29 is 21.6 Å². The number of hydrogen-bond acceptors (Lipinski definition) is 0. The van der Waals surface area contributed by atoms with E-state index in [2.05, 4.69) is 98.1 Å². The van der Waals surface area contributed by atoms with Gasteiger partial charge in [-0.15, -0.1) is 0 Å². The van der Waals surface area contributed by atoms with Crippen LogP contribution in [-0.2, 0) is 18.3 Å². The lowest BCUT2D eigenvalue weighted by atomic mass is 9.69. The van der Waals surface area contributed by atoms with Gasteiger partial charge in [-0.3, -0.25) is 0 Å². The van der Waals surface area contributed by atoms with Crippen molar-refractivity contribution >= 4 is 23.0 Å². The highest BCUT2D eigenvalue weighted by molar-refractivity contribution is 6.30. The summed E-state index contributed by atoms with van der Waals surface area (Å²) in [4.78, 5) is 0. The number of nitrogens with zero attached hydrogens (tertiary/aromatic N) is 1. The first-order chi connectivity index (χ1) is 14.5. The molecule has 1 nitrogen and oxygen atoms in total. The van der Waals surface area contributed by atoms with Gasteiger partial charge in [-0.25, -0.2) is 0 Å². The Bertz CT molecular complexity index is 1000. The van der Waals surface area contributed by atoms with Crippen LogP contribution >= 0.6 is 11.6 Å². The highest BCUT2D eigenvalue weighted by Gasteiger charge is 2.50. The average molecular weight is 497 g/mol. The normalized spacial score (nSPS) is 14.5. The molecular weight excluding hydrogens is 466 g/mol. The molecule has 4 rings (SSSR count). The van der Waals surface area contributed by atoms with Gasteiger partial charge in [0.05, 0.1) is 5.41 Å². The molecule has 162 valence electrons. The second-order valence-corrected chi connectivity index (χ2v) is 9.42. The van der Waals surface area contributed by atoms with Crippen LogP contribution in [0.5, 0.6) is 0 Å². The average Bonchev–Trinajstić information content (AvgIpc) is 2.95. The van der Waals surface area contributed by atoms with Gasteiger partial charge in [0.15, 0.2) is 5.71 Å². The predicted octanol–water partition coefficient (Wildman–Crippen LogP) is 4.23. The minimum atomic E-state index is -0.0973. The van der Waals surface area contributed by atoms with E-state index >= 15 is 0 Å². The zero-order chi connectivity index (χ0) is 21.1. The molecule has 0 saturated carbocycles. The van der Waals surface area contributed by atoms with Crippen LogP contribution in [0.25, 0.3) is 0 Å². The highest BCUT2D eigenvalue weighted by atomic mass is 79.9. The molecule has 0 amide bonds. The summed E-state index contributed by atoms with van der Waals surface area (Å²) in [7, 11) is 0. The van der Waals surface area contributed by atoms with Crippen LogP contribution < -0.4 is 17.0 Å². The van der Waals surface area contributed by atoms with E-state index in [0.29, 0.717) is 5.92 Å². The zero-order valence-electron chi connectivity index (χ0n) is 18.6. The van der Waals surface area contributed by atoms with Crippen LogP contribution in [0.15, 0.2) is 78.9 Å². The van der Waals surface area contributed by atoms with Crippen molar-refractivity contribution in [2.45, 2.75) is 45.4 Å². The van der Waals surface area contributed by atoms with Crippen molar-refractivity contribution in [3.05, 3.63) is 101 Å². The Balaban J connectivity index is 0.00000272. The standard InChI is InChI=1S/C28H31ClN.BrH/c1-21(2)16-17-30-22(3)28(19-23-10-6-4-7-11-23,20-24-12-8-5-9-13-24)26-18-25(29)14-15-27(26)30;/h4-15,18,21H,16-17,19-20H2,1-3H3;1H/q+1;/p-1. The van der Waals surface area contributed by atoms with Gasteiger partial charge < -0.3 is 17.0 Å². The van der Waals surface area contributed by atoms with E-state index in [1.54, 1.807) is 0 Å². The third kappa shape index (κ3) is 4.96. The van der Waals surface area contributed by atoms with Gasteiger partial charge in [0, 0.05) is 30.0 Å². The first-order valence-corrected chi connectivity index (χ1v) is 11.4. The van der Waals surface area contributed by atoms with Crippen LogP contribution in [0.3, 0.4) is 0 Å². The van der Waals surface area contributed by atoms with E-state index in [0.717, 1.165) is 24.4 Å². The molecule has 0 fully saturated rings. The SMILES string of the molecule is CC1=[N+](CCC(C)C)c2ccc(Cl)cc2C1(Cc1ccccc1)Cc1ccccc1.[Br-]. The van der Waals surface area contributed by atoms with Gasteiger partial charge in [0.2, 0.25) is 5.69 Å². The van der Waals surface area contributed by atoms with Crippen LogP contribution in [0.1, 0.15) is 43.9 Å². The first kappa shape index (κ1) is 23.8. The molecule has 3 aromatic rings. The van der Waals surface area contributed by atoms with Gasteiger partial charge in [-0.2, -0.15) is 4.58 Å². The van der Waals surface area contributed by atoms with Gasteiger partial charge in [0.25, 0.3) is 0 Å². The van der Waals surface area contributed by atoms with Crippen LogP contribution in [0, 0.1) is 5.92 Å². The number of fused-ring (bicyclic) bond motifs is 1. The van der Waals surface area contributed by atoms with Crippen molar-refractivity contribution in [3.63, 3.8) is 0 Å². The minimum Gasteiger partial charge on any atom is -1.00 e. The van der Waals surface area contributed by atoms with E-state index in [9.17, 15) is 0 Å².